The van der Waals surface area contributed by atoms with E-state index in [-0.39, 0.29) is 0 Å². The van der Waals surface area contributed by atoms with Crippen LogP contribution < -0.4 is 15.9 Å². The summed E-state index contributed by atoms with van der Waals surface area (Å²) in [5, 5.41) is 5.19. The van der Waals surface area contributed by atoms with Crippen LogP contribution in [0.4, 0.5) is 0 Å². The first-order valence-corrected chi connectivity index (χ1v) is 12.7. The van der Waals surface area contributed by atoms with Gasteiger partial charge in [-0.25, -0.2) is 0 Å². The van der Waals surface area contributed by atoms with Gasteiger partial charge in [-0.15, -0.1) is 0 Å². The molecule has 29 heavy (non-hydrogen) atoms. The number of hydrogen-bond acceptors (Lipinski definition) is 0. The largest absolute Gasteiger partial charge is 0.0883 e. The van der Waals surface area contributed by atoms with Crippen molar-refractivity contribution in [1.82, 2.24) is 0 Å². The fourth-order valence-corrected chi connectivity index (χ4v) is 5.79. The van der Waals surface area contributed by atoms with Gasteiger partial charge in [0.25, 0.3) is 0 Å². The zero-order valence-corrected chi connectivity index (χ0v) is 20.2. The van der Waals surface area contributed by atoms with Crippen LogP contribution in [0.3, 0.4) is 0 Å². The van der Waals surface area contributed by atoms with Gasteiger partial charge in [0.2, 0.25) is 0 Å². The van der Waals surface area contributed by atoms with Gasteiger partial charge in [-0.05, 0) is 49.5 Å². The van der Waals surface area contributed by atoms with Crippen molar-refractivity contribution in [2.45, 2.75) is 33.6 Å². The van der Waals surface area contributed by atoms with Crippen molar-refractivity contribution >= 4 is 39.8 Å². The van der Waals surface area contributed by atoms with E-state index in [1.165, 1.54) is 34.3 Å². The van der Waals surface area contributed by atoms with Gasteiger partial charge in [-0.1, -0.05) is 132 Å². The van der Waals surface area contributed by atoms with Crippen LogP contribution in [0.5, 0.6) is 0 Å². The number of alkyl halides is 1. The molecule has 0 nitrogen and oxygen atoms in total. The smallest absolute Gasteiger partial charge is 0.0214 e. The average molecular weight is 467 g/mol. The van der Waals surface area contributed by atoms with Gasteiger partial charge >= 0.3 is 0 Å². The number of allylic oxidation sites excluding steroid dienone is 2. The van der Waals surface area contributed by atoms with Crippen LogP contribution in [0.1, 0.15) is 33.6 Å². The molecule has 3 aromatic rings. The van der Waals surface area contributed by atoms with Gasteiger partial charge in [0.1, 0.15) is 0 Å². The van der Waals surface area contributed by atoms with E-state index in [2.05, 4.69) is 134 Å². The molecule has 0 aromatic heterocycles. The second-order valence-electron chi connectivity index (χ2n) is 7.48. The molecular formula is C27H32BrP. The Morgan fingerprint density at radius 3 is 1.45 bits per heavy atom. The highest BCUT2D eigenvalue weighted by Gasteiger charge is 2.14. The molecule has 0 fully saturated rings. The first-order chi connectivity index (χ1) is 14.1. The molecule has 0 aliphatic carbocycles. The van der Waals surface area contributed by atoms with Crippen LogP contribution in [0.15, 0.2) is 103 Å². The van der Waals surface area contributed by atoms with Crippen molar-refractivity contribution in [3.8, 4) is 0 Å². The number of rotatable bonds is 7. The zero-order chi connectivity index (χ0) is 20.9. The molecule has 0 amide bonds. The summed E-state index contributed by atoms with van der Waals surface area (Å²) >= 11 is 3.38. The van der Waals surface area contributed by atoms with Crippen molar-refractivity contribution in [2.24, 2.45) is 5.92 Å². The maximum atomic E-state index is 3.38. The summed E-state index contributed by atoms with van der Waals surface area (Å²) in [5.41, 5.74) is 1.51. The molecule has 0 atom stereocenters. The van der Waals surface area contributed by atoms with E-state index in [4.69, 9.17) is 0 Å². The standard InChI is InChI=1S/C18H15P.C9H17Br/c1-4-10-16(11-5-1)19(17-12-6-2-7-13-17)18-14-8-3-9-15-18;1-8(2)4-5-9(3)6-7-10/h1-15H;6,8H,4-5,7H2,1-3H3/b;9-6+. The zero-order valence-electron chi connectivity index (χ0n) is 17.8. The third-order valence-electron chi connectivity index (χ3n) is 4.58. The van der Waals surface area contributed by atoms with Crippen molar-refractivity contribution in [3.05, 3.63) is 103 Å². The van der Waals surface area contributed by atoms with Crippen molar-refractivity contribution in [1.29, 1.82) is 0 Å². The first kappa shape index (κ1) is 23.6. The highest BCUT2D eigenvalue weighted by atomic mass is 79.9. The van der Waals surface area contributed by atoms with Gasteiger partial charge in [0.15, 0.2) is 0 Å². The fourth-order valence-electron chi connectivity index (χ4n) is 2.93. The van der Waals surface area contributed by atoms with Gasteiger partial charge < -0.3 is 0 Å². The number of benzene rings is 3. The monoisotopic (exact) mass is 466 g/mol. The summed E-state index contributed by atoms with van der Waals surface area (Å²) in [6.07, 6.45) is 4.81. The van der Waals surface area contributed by atoms with E-state index in [0.29, 0.717) is 0 Å². The Balaban J connectivity index is 0.000000257. The molecule has 0 aliphatic heterocycles. The van der Waals surface area contributed by atoms with Crippen LogP contribution in [-0.2, 0) is 0 Å². The van der Waals surface area contributed by atoms with Crippen LogP contribution in [-0.4, -0.2) is 5.33 Å². The minimum absolute atomic E-state index is 0.446. The first-order valence-electron chi connectivity index (χ1n) is 10.3. The van der Waals surface area contributed by atoms with Crippen LogP contribution in [0.25, 0.3) is 0 Å². The Labute approximate surface area is 187 Å². The highest BCUT2D eigenvalue weighted by molar-refractivity contribution is 9.09. The molecule has 0 aliphatic rings. The van der Waals surface area contributed by atoms with E-state index in [1.807, 2.05) is 0 Å². The third kappa shape index (κ3) is 8.69. The lowest BCUT2D eigenvalue weighted by Crippen LogP contribution is -2.20. The fraction of sp³-hybridized carbons (Fsp3) is 0.259. The predicted octanol–water partition coefficient (Wildman–Crippen LogP) is 7.21. The Morgan fingerprint density at radius 1 is 0.759 bits per heavy atom. The summed E-state index contributed by atoms with van der Waals surface area (Å²) in [6.45, 7) is 6.73. The van der Waals surface area contributed by atoms with Gasteiger partial charge in [0.05, 0.1) is 0 Å². The van der Waals surface area contributed by atoms with Gasteiger partial charge in [0, 0.05) is 5.33 Å². The Morgan fingerprint density at radius 2 is 1.14 bits per heavy atom. The van der Waals surface area contributed by atoms with Gasteiger partial charge in [-0.3, -0.25) is 0 Å². The molecule has 0 spiro atoms. The molecule has 3 aromatic carbocycles. The molecule has 0 heterocycles. The average Bonchev–Trinajstić information content (AvgIpc) is 2.76. The topological polar surface area (TPSA) is 0 Å². The SMILES string of the molecule is C/C(=C\CBr)CCC(C)C.c1ccc(P(c2ccccc2)c2ccccc2)cc1. The van der Waals surface area contributed by atoms with Gasteiger partial charge in [-0.2, -0.15) is 0 Å². The minimum atomic E-state index is -0.446. The summed E-state index contributed by atoms with van der Waals surface area (Å²) in [7, 11) is -0.446. The molecule has 0 saturated carbocycles. The van der Waals surface area contributed by atoms with E-state index in [1.54, 1.807) is 0 Å². The molecule has 0 bridgehead atoms. The lowest BCUT2D eigenvalue weighted by molar-refractivity contribution is 0.584. The molecule has 3 rings (SSSR count). The molecule has 0 unspecified atom stereocenters. The quantitative estimate of drug-likeness (QED) is 0.196. The Bertz CT molecular complexity index is 732. The number of halogens is 1. The van der Waals surface area contributed by atoms with Crippen LogP contribution >= 0.6 is 23.9 Å². The van der Waals surface area contributed by atoms with E-state index in [9.17, 15) is 0 Å². The maximum Gasteiger partial charge on any atom is 0.0214 e. The van der Waals surface area contributed by atoms with Crippen molar-refractivity contribution in [3.63, 3.8) is 0 Å². The molecule has 0 N–H and O–H groups in total. The second kappa shape index (κ2) is 13.5. The van der Waals surface area contributed by atoms with E-state index < -0.39 is 7.92 Å². The summed E-state index contributed by atoms with van der Waals surface area (Å²) in [4.78, 5) is 0. The van der Waals surface area contributed by atoms with Crippen LogP contribution in [0.2, 0.25) is 0 Å². The predicted molar refractivity (Wildman–Crippen MR) is 137 cm³/mol. The highest BCUT2D eigenvalue weighted by Crippen LogP contribution is 2.32. The summed E-state index contributed by atoms with van der Waals surface area (Å²) in [5.74, 6) is 0.832. The lowest BCUT2D eigenvalue weighted by Gasteiger charge is -2.18. The van der Waals surface area contributed by atoms with E-state index in [0.717, 1.165) is 11.2 Å². The van der Waals surface area contributed by atoms with E-state index >= 15 is 0 Å². The number of hydrogen-bond donors (Lipinski definition) is 0. The molecule has 0 saturated heterocycles. The minimum Gasteiger partial charge on any atom is -0.0883 e. The molecule has 152 valence electrons. The summed E-state index contributed by atoms with van der Waals surface area (Å²) < 4.78 is 0. The Hall–Kier alpha value is -1.69. The molecular weight excluding hydrogens is 435 g/mol. The van der Waals surface area contributed by atoms with Crippen LogP contribution in [0, 0.1) is 5.92 Å². The van der Waals surface area contributed by atoms with Crippen molar-refractivity contribution < 1.29 is 0 Å². The normalized spacial score (nSPS) is 11.3. The second-order valence-corrected chi connectivity index (χ2v) is 10.3. The third-order valence-corrected chi connectivity index (χ3v) is 7.35. The lowest BCUT2D eigenvalue weighted by atomic mass is 10.0. The Kier molecular flexibility index (Phi) is 11.0. The maximum absolute atomic E-state index is 3.38. The van der Waals surface area contributed by atoms with Crippen molar-refractivity contribution in [2.75, 3.05) is 5.33 Å². The molecule has 0 radical (unpaired) electrons. The molecule has 2 heteroatoms. The summed E-state index contributed by atoms with van der Waals surface area (Å²) in [6, 6.07) is 32.3.